The van der Waals surface area contributed by atoms with Gasteiger partial charge >= 0.3 is 0 Å². The number of hydrogen-bond donors (Lipinski definition) is 1. The summed E-state index contributed by atoms with van der Waals surface area (Å²) in [5.74, 6) is -2.55. The molecule has 2 fully saturated rings. The normalized spacial score (nSPS) is 30.4. The van der Waals surface area contributed by atoms with E-state index in [1.165, 1.54) is 7.11 Å². The van der Waals surface area contributed by atoms with Crippen molar-refractivity contribution in [3.63, 3.8) is 0 Å². The lowest BCUT2D eigenvalue weighted by Crippen LogP contribution is -2.57. The topological polar surface area (TPSA) is 123 Å². The molecule has 1 N–H and O–H groups in total. The number of ether oxygens (including phenoxy) is 3. The fourth-order valence-electron chi connectivity index (χ4n) is 4.74. The van der Waals surface area contributed by atoms with Crippen LogP contribution in [0.15, 0.2) is 48.5 Å². The minimum atomic E-state index is -2.06. The van der Waals surface area contributed by atoms with E-state index in [0.29, 0.717) is 21.9 Å². The first kappa shape index (κ1) is 20.7. The van der Waals surface area contributed by atoms with Crippen LogP contribution in [0.5, 0.6) is 5.75 Å². The Morgan fingerprint density at radius 2 is 1.77 bits per heavy atom. The second kappa shape index (κ2) is 7.00. The Morgan fingerprint density at radius 1 is 1.06 bits per heavy atom. The molecule has 2 aliphatic rings. The number of halogens is 1. The summed E-state index contributed by atoms with van der Waals surface area (Å²) in [6.45, 7) is 1.65. The number of nitriles is 3. The molecule has 2 bridgehead atoms. The van der Waals surface area contributed by atoms with Gasteiger partial charge in [-0.05, 0) is 18.2 Å². The molecule has 0 aliphatic carbocycles. The Balaban J connectivity index is 2.08. The summed E-state index contributed by atoms with van der Waals surface area (Å²) in [5, 5.41) is 39.9. The molecule has 2 heterocycles. The van der Waals surface area contributed by atoms with Gasteiger partial charge in [0.15, 0.2) is 5.41 Å². The van der Waals surface area contributed by atoms with E-state index in [2.05, 4.69) is 6.07 Å². The maximum absolute atomic E-state index is 10.3. The summed E-state index contributed by atoms with van der Waals surface area (Å²) in [7, 11) is 1.46. The minimum Gasteiger partial charge on any atom is -0.496 e. The molecular weight excluding hydrogens is 416 g/mol. The lowest BCUT2D eigenvalue weighted by atomic mass is 9.53. The molecule has 4 unspecified atom stereocenters. The van der Waals surface area contributed by atoms with Crippen LogP contribution in [0.1, 0.15) is 24.2 Å². The number of methoxy groups -OCH3 is 1. The van der Waals surface area contributed by atoms with Gasteiger partial charge in [-0.3, -0.25) is 5.41 Å². The summed E-state index contributed by atoms with van der Waals surface area (Å²) in [6, 6.07) is 19.7. The number of rotatable bonds is 3. The van der Waals surface area contributed by atoms with Crippen molar-refractivity contribution in [1.82, 2.24) is 0 Å². The highest BCUT2D eigenvalue weighted by Gasteiger charge is 2.80. The molecule has 2 saturated heterocycles. The number of fused-ring (bicyclic) bond motifs is 2. The van der Waals surface area contributed by atoms with Gasteiger partial charge in [-0.25, -0.2) is 0 Å². The van der Waals surface area contributed by atoms with E-state index in [9.17, 15) is 15.8 Å². The third-order valence-corrected chi connectivity index (χ3v) is 6.55. The molecule has 0 amide bonds. The van der Waals surface area contributed by atoms with Crippen molar-refractivity contribution in [2.24, 2.45) is 16.7 Å². The van der Waals surface area contributed by atoms with Crippen LogP contribution in [-0.4, -0.2) is 13.0 Å². The van der Waals surface area contributed by atoms with Gasteiger partial charge in [0, 0.05) is 16.1 Å². The first-order valence-corrected chi connectivity index (χ1v) is 9.83. The second-order valence-corrected chi connectivity index (χ2v) is 7.96. The maximum atomic E-state index is 10.3. The third-order valence-electron chi connectivity index (χ3n) is 6.32. The van der Waals surface area contributed by atoms with Crippen LogP contribution in [0.2, 0.25) is 5.02 Å². The van der Waals surface area contributed by atoms with Crippen LogP contribution in [0, 0.1) is 56.2 Å². The Morgan fingerprint density at radius 3 is 2.39 bits per heavy atom. The van der Waals surface area contributed by atoms with Gasteiger partial charge in [-0.2, -0.15) is 15.8 Å². The second-order valence-electron chi connectivity index (χ2n) is 7.52. The predicted octanol–water partition coefficient (Wildman–Crippen LogP) is 4.46. The molecule has 8 heteroatoms. The zero-order valence-electron chi connectivity index (χ0n) is 16.7. The van der Waals surface area contributed by atoms with Crippen LogP contribution in [0.3, 0.4) is 0 Å². The van der Waals surface area contributed by atoms with Crippen LogP contribution >= 0.6 is 11.6 Å². The molecule has 7 nitrogen and oxygen atoms in total. The fourth-order valence-corrected chi connectivity index (χ4v) is 4.93. The third kappa shape index (κ3) is 2.38. The number of benzene rings is 2. The Bertz CT molecular complexity index is 1200. The van der Waals surface area contributed by atoms with E-state index in [1.807, 2.05) is 12.1 Å². The summed E-state index contributed by atoms with van der Waals surface area (Å²) in [6.07, 6.45) is -1.24. The summed E-state index contributed by atoms with van der Waals surface area (Å²) >= 11 is 6.21. The molecule has 2 aromatic carbocycles. The van der Waals surface area contributed by atoms with Crippen LogP contribution in [-0.2, 0) is 15.3 Å². The van der Waals surface area contributed by atoms with E-state index in [-0.39, 0.29) is 0 Å². The standard InChI is InChI=1S/C23H17ClN4O3/c1-14-22(13-27)20(28)31-23(14,15-6-5-7-16(24)10-15)30-19(21(22,11-25)12-26)17-8-3-4-9-18(17)29-2/h3-10,14,19,28H,1-2H3. The zero-order chi connectivity index (χ0) is 22.4. The van der Waals surface area contributed by atoms with E-state index >= 15 is 0 Å². The van der Waals surface area contributed by atoms with Crippen molar-refractivity contribution < 1.29 is 14.2 Å². The van der Waals surface area contributed by atoms with Crippen molar-refractivity contribution in [3.8, 4) is 24.0 Å². The summed E-state index contributed by atoms with van der Waals surface area (Å²) in [4.78, 5) is 0. The average molecular weight is 433 g/mol. The lowest BCUT2D eigenvalue weighted by Gasteiger charge is -2.48. The molecular formula is C23H17ClN4O3. The smallest absolute Gasteiger partial charge is 0.244 e. The molecule has 2 aromatic rings. The largest absolute Gasteiger partial charge is 0.496 e. The summed E-state index contributed by atoms with van der Waals surface area (Å²) < 4.78 is 17.8. The van der Waals surface area contributed by atoms with Gasteiger partial charge in [0.05, 0.1) is 31.2 Å². The van der Waals surface area contributed by atoms with Crippen molar-refractivity contribution in [2.45, 2.75) is 18.8 Å². The maximum Gasteiger partial charge on any atom is 0.244 e. The number of hydrogen-bond acceptors (Lipinski definition) is 7. The zero-order valence-corrected chi connectivity index (χ0v) is 17.5. The number of nitrogens with one attached hydrogen (secondary N) is 1. The molecule has 154 valence electrons. The van der Waals surface area contributed by atoms with Crippen molar-refractivity contribution in [2.75, 3.05) is 7.11 Å². The Kier molecular flexibility index (Phi) is 4.67. The van der Waals surface area contributed by atoms with Gasteiger partial charge in [0.2, 0.25) is 17.1 Å². The highest BCUT2D eigenvalue weighted by Crippen LogP contribution is 2.69. The van der Waals surface area contributed by atoms with Gasteiger partial charge in [0.1, 0.15) is 11.9 Å². The monoisotopic (exact) mass is 432 g/mol. The highest BCUT2D eigenvalue weighted by atomic mass is 35.5. The molecule has 31 heavy (non-hydrogen) atoms. The molecule has 4 rings (SSSR count). The lowest BCUT2D eigenvalue weighted by molar-refractivity contribution is -0.288. The first-order chi connectivity index (χ1) is 14.9. The number of nitrogens with zero attached hydrogens (tertiary/aromatic N) is 3. The Hall–Kier alpha value is -3.57. The van der Waals surface area contributed by atoms with Crippen molar-refractivity contribution in [3.05, 3.63) is 64.7 Å². The highest BCUT2D eigenvalue weighted by molar-refractivity contribution is 6.30. The molecule has 2 aliphatic heterocycles. The SMILES string of the molecule is COc1ccccc1C1OC2(c3cccc(Cl)c3)OC(=N)C(C#N)(C2C)C1(C#N)C#N. The quantitative estimate of drug-likeness (QED) is 0.763. The molecule has 4 atom stereocenters. The van der Waals surface area contributed by atoms with Crippen LogP contribution < -0.4 is 4.74 Å². The van der Waals surface area contributed by atoms with Gasteiger partial charge < -0.3 is 14.2 Å². The van der Waals surface area contributed by atoms with E-state index in [0.717, 1.165) is 0 Å². The van der Waals surface area contributed by atoms with Crippen LogP contribution in [0.25, 0.3) is 0 Å². The van der Waals surface area contributed by atoms with Gasteiger partial charge in [-0.15, -0.1) is 0 Å². The number of para-hydroxylation sites is 1. The minimum absolute atomic E-state index is 0.386. The van der Waals surface area contributed by atoms with Crippen LogP contribution in [0.4, 0.5) is 0 Å². The predicted molar refractivity (Wildman–Crippen MR) is 110 cm³/mol. The Labute approximate surface area is 184 Å². The molecule has 0 aromatic heterocycles. The summed E-state index contributed by atoms with van der Waals surface area (Å²) in [5.41, 5.74) is -3.06. The van der Waals surface area contributed by atoms with Gasteiger partial charge in [0.25, 0.3) is 0 Å². The first-order valence-electron chi connectivity index (χ1n) is 9.45. The molecule has 0 saturated carbocycles. The van der Waals surface area contributed by atoms with Gasteiger partial charge in [-0.1, -0.05) is 48.9 Å². The van der Waals surface area contributed by atoms with Crippen molar-refractivity contribution in [1.29, 1.82) is 21.2 Å². The molecule has 0 spiro atoms. The van der Waals surface area contributed by atoms with Crippen molar-refractivity contribution >= 4 is 17.5 Å². The average Bonchev–Trinajstić information content (AvgIpc) is 2.95. The van der Waals surface area contributed by atoms with E-state index < -0.39 is 34.5 Å². The fraction of sp³-hybridized carbons (Fsp3) is 0.304. The van der Waals surface area contributed by atoms with E-state index in [4.69, 9.17) is 31.2 Å². The molecule has 0 radical (unpaired) electrons. The van der Waals surface area contributed by atoms with E-state index in [1.54, 1.807) is 55.5 Å².